The van der Waals surface area contributed by atoms with Crippen molar-refractivity contribution in [2.24, 2.45) is 5.11 Å². The minimum Gasteiger partial charge on any atom is -0.300 e. The van der Waals surface area contributed by atoms with Crippen molar-refractivity contribution < 1.29 is 4.79 Å². The van der Waals surface area contributed by atoms with Crippen LogP contribution in [-0.4, -0.2) is 12.3 Å². The second kappa shape index (κ2) is 6.43. The van der Waals surface area contributed by atoms with E-state index in [1.807, 2.05) is 19.9 Å². The first kappa shape index (κ1) is 10.7. The van der Waals surface area contributed by atoms with E-state index in [-0.39, 0.29) is 12.3 Å². The van der Waals surface area contributed by atoms with Gasteiger partial charge in [0, 0.05) is 11.3 Å². The lowest BCUT2D eigenvalue weighted by Gasteiger charge is -1.92. The average molecular weight is 167 g/mol. The summed E-state index contributed by atoms with van der Waals surface area (Å²) in [4.78, 5) is 13.4. The highest BCUT2D eigenvalue weighted by Crippen LogP contribution is 1.98. The van der Waals surface area contributed by atoms with Crippen LogP contribution in [0.4, 0.5) is 0 Å². The highest BCUT2D eigenvalue weighted by atomic mass is 16.1. The number of rotatable bonds is 5. The maximum Gasteiger partial charge on any atom is 0.139 e. The Balaban J connectivity index is 3.58. The molecule has 4 heteroatoms. The zero-order chi connectivity index (χ0) is 9.40. The predicted molar refractivity (Wildman–Crippen MR) is 47.7 cm³/mol. The van der Waals surface area contributed by atoms with Gasteiger partial charge in [-0.15, -0.1) is 0 Å². The van der Waals surface area contributed by atoms with Crippen LogP contribution < -0.4 is 0 Å². The monoisotopic (exact) mass is 167 g/mol. The molecule has 0 saturated heterocycles. The molecule has 0 aliphatic carbocycles. The minimum atomic E-state index is -0.0207. The fourth-order valence-electron chi connectivity index (χ4n) is 0.711. The van der Waals surface area contributed by atoms with Crippen molar-refractivity contribution in [1.29, 1.82) is 0 Å². The van der Waals surface area contributed by atoms with Gasteiger partial charge < -0.3 is 0 Å². The number of nitrogens with zero attached hydrogens (tertiary/aromatic N) is 3. The Labute approximate surface area is 71.9 Å². The molecule has 0 saturated carbocycles. The largest absolute Gasteiger partial charge is 0.300 e. The number of hydrogen-bond acceptors (Lipinski definition) is 2. The normalized spacial score (nSPS) is 8.50. The Morgan fingerprint density at radius 2 is 2.25 bits per heavy atom. The smallest absolute Gasteiger partial charge is 0.139 e. The molecule has 0 rings (SSSR count). The Hall–Kier alpha value is -1.28. The van der Waals surface area contributed by atoms with E-state index in [9.17, 15) is 4.79 Å². The molecule has 66 valence electrons. The summed E-state index contributed by atoms with van der Waals surface area (Å²) in [7, 11) is 0. The van der Waals surface area contributed by atoms with Gasteiger partial charge in [-0.1, -0.05) is 16.8 Å². The summed E-state index contributed by atoms with van der Waals surface area (Å²) in [6, 6.07) is 0. The van der Waals surface area contributed by atoms with E-state index in [0.29, 0.717) is 6.42 Å². The molecule has 0 aliphatic rings. The van der Waals surface area contributed by atoms with Gasteiger partial charge in [0.1, 0.15) is 5.78 Å². The molecule has 4 nitrogen and oxygen atoms in total. The number of ketones is 1. The van der Waals surface area contributed by atoms with E-state index in [2.05, 4.69) is 10.0 Å². The van der Waals surface area contributed by atoms with Gasteiger partial charge in [-0.3, -0.25) is 4.79 Å². The standard InChI is InChI=1S/C8H13N3O/c1-7(2)4-3-5-8(12)6-10-11-9/h4H,3,5-6H2,1-2H3. The summed E-state index contributed by atoms with van der Waals surface area (Å²) in [5.74, 6) is -0.00898. The van der Waals surface area contributed by atoms with Crippen LogP contribution in [0, 0.1) is 0 Å². The molecule has 0 unspecified atom stereocenters. The maximum atomic E-state index is 10.9. The van der Waals surface area contributed by atoms with Crippen molar-refractivity contribution in [2.75, 3.05) is 6.54 Å². The van der Waals surface area contributed by atoms with Crippen molar-refractivity contribution in [2.45, 2.75) is 26.7 Å². The zero-order valence-electron chi connectivity index (χ0n) is 7.45. The predicted octanol–water partition coefficient (Wildman–Crippen LogP) is 2.61. The van der Waals surface area contributed by atoms with E-state index in [0.717, 1.165) is 6.42 Å². The SMILES string of the molecule is CC(C)=CCCC(=O)CN=[N+]=[N-]. The van der Waals surface area contributed by atoms with Gasteiger partial charge in [0.15, 0.2) is 0 Å². The number of azide groups is 1. The average Bonchev–Trinajstić information content (AvgIpc) is 2.00. The Morgan fingerprint density at radius 3 is 2.75 bits per heavy atom. The Kier molecular flexibility index (Phi) is 5.75. The molecule has 0 atom stereocenters. The topological polar surface area (TPSA) is 65.8 Å². The lowest BCUT2D eigenvalue weighted by atomic mass is 10.2. The van der Waals surface area contributed by atoms with E-state index >= 15 is 0 Å². The highest BCUT2D eigenvalue weighted by Gasteiger charge is 1.96. The van der Waals surface area contributed by atoms with Crippen LogP contribution in [-0.2, 0) is 4.79 Å². The summed E-state index contributed by atoms with van der Waals surface area (Å²) < 4.78 is 0. The van der Waals surface area contributed by atoms with Crippen LogP contribution in [0.5, 0.6) is 0 Å². The maximum absolute atomic E-state index is 10.9. The van der Waals surface area contributed by atoms with Crippen LogP contribution in [0.15, 0.2) is 16.8 Å². The molecule has 12 heavy (non-hydrogen) atoms. The highest BCUT2D eigenvalue weighted by molar-refractivity contribution is 5.80. The van der Waals surface area contributed by atoms with E-state index in [1.54, 1.807) is 0 Å². The van der Waals surface area contributed by atoms with Crippen molar-refractivity contribution in [1.82, 2.24) is 0 Å². The summed E-state index contributed by atoms with van der Waals surface area (Å²) >= 11 is 0. The fraction of sp³-hybridized carbons (Fsp3) is 0.625. The van der Waals surface area contributed by atoms with E-state index < -0.39 is 0 Å². The third-order valence-corrected chi connectivity index (χ3v) is 1.29. The molecule has 0 aromatic heterocycles. The van der Waals surface area contributed by atoms with Gasteiger partial charge in [0.25, 0.3) is 0 Å². The first-order valence-electron chi connectivity index (χ1n) is 3.82. The lowest BCUT2D eigenvalue weighted by Crippen LogP contribution is -2.00. The number of allylic oxidation sites excluding steroid dienone is 2. The number of Topliss-reactive ketones (excluding diaryl/α,β-unsaturated/α-hetero) is 1. The number of hydrogen-bond donors (Lipinski definition) is 0. The molecular weight excluding hydrogens is 154 g/mol. The molecule has 0 aliphatic heterocycles. The summed E-state index contributed by atoms with van der Waals surface area (Å²) in [5, 5.41) is 3.18. The fourth-order valence-corrected chi connectivity index (χ4v) is 0.711. The second-order valence-corrected chi connectivity index (χ2v) is 2.75. The lowest BCUT2D eigenvalue weighted by molar-refractivity contribution is -0.117. The van der Waals surface area contributed by atoms with Crippen molar-refractivity contribution in [3.63, 3.8) is 0 Å². The molecule has 0 fully saturated rings. The minimum absolute atomic E-state index is 0.00898. The molecular formula is C8H13N3O. The van der Waals surface area contributed by atoms with E-state index in [1.165, 1.54) is 5.57 Å². The van der Waals surface area contributed by atoms with Crippen LogP contribution in [0.3, 0.4) is 0 Å². The van der Waals surface area contributed by atoms with Gasteiger partial charge in [-0.2, -0.15) is 0 Å². The molecule has 0 bridgehead atoms. The quantitative estimate of drug-likeness (QED) is 0.268. The van der Waals surface area contributed by atoms with Gasteiger partial charge in [0.05, 0.1) is 6.54 Å². The van der Waals surface area contributed by atoms with Crippen LogP contribution >= 0.6 is 0 Å². The Bertz CT molecular complexity index is 222. The second-order valence-electron chi connectivity index (χ2n) is 2.75. The molecule has 0 N–H and O–H groups in total. The molecule has 0 aromatic carbocycles. The van der Waals surface area contributed by atoms with E-state index in [4.69, 9.17) is 5.53 Å². The number of carbonyl (C=O) groups is 1. The van der Waals surface area contributed by atoms with Crippen molar-refractivity contribution in [3.05, 3.63) is 22.1 Å². The van der Waals surface area contributed by atoms with Gasteiger partial charge in [-0.25, -0.2) is 0 Å². The van der Waals surface area contributed by atoms with Crippen LogP contribution in [0.2, 0.25) is 0 Å². The summed E-state index contributed by atoms with van der Waals surface area (Å²) in [6.45, 7) is 3.95. The summed E-state index contributed by atoms with van der Waals surface area (Å²) in [5.41, 5.74) is 9.12. The van der Waals surface area contributed by atoms with Gasteiger partial charge >= 0.3 is 0 Å². The van der Waals surface area contributed by atoms with Gasteiger partial charge in [0.2, 0.25) is 0 Å². The van der Waals surface area contributed by atoms with Crippen molar-refractivity contribution >= 4 is 5.78 Å². The molecule has 0 aromatic rings. The third kappa shape index (κ3) is 6.83. The number of carbonyl (C=O) groups excluding carboxylic acids is 1. The third-order valence-electron chi connectivity index (χ3n) is 1.29. The van der Waals surface area contributed by atoms with Crippen molar-refractivity contribution in [3.8, 4) is 0 Å². The summed E-state index contributed by atoms with van der Waals surface area (Å²) in [6.07, 6.45) is 3.19. The molecule has 0 radical (unpaired) electrons. The van der Waals surface area contributed by atoms with Crippen LogP contribution in [0.1, 0.15) is 26.7 Å². The molecule has 0 amide bonds. The zero-order valence-corrected chi connectivity index (χ0v) is 7.45. The molecule has 0 heterocycles. The Morgan fingerprint density at radius 1 is 1.58 bits per heavy atom. The molecule has 0 spiro atoms. The first-order chi connectivity index (χ1) is 5.66. The first-order valence-corrected chi connectivity index (χ1v) is 3.82. The van der Waals surface area contributed by atoms with Crippen LogP contribution in [0.25, 0.3) is 10.4 Å². The van der Waals surface area contributed by atoms with Gasteiger partial charge in [-0.05, 0) is 25.8 Å².